The fraction of sp³-hybridized carbons (Fsp3) is 0.647. The third kappa shape index (κ3) is 1.80. The Balaban J connectivity index is 1.71. The zero-order chi connectivity index (χ0) is 13.7. The number of benzene rings is 1. The average molecular weight is 259 g/mol. The maximum Gasteiger partial charge on any atom is 0.120 e. The molecule has 2 bridgehead atoms. The number of aromatic hydroxyl groups is 1. The molecule has 2 nitrogen and oxygen atoms in total. The Hall–Kier alpha value is -1.02. The van der Waals surface area contributed by atoms with Crippen molar-refractivity contribution in [2.75, 3.05) is 0 Å². The Morgan fingerprint density at radius 1 is 1.26 bits per heavy atom. The van der Waals surface area contributed by atoms with E-state index in [0.717, 1.165) is 18.0 Å². The number of hydrogen-bond acceptors (Lipinski definition) is 2. The van der Waals surface area contributed by atoms with Gasteiger partial charge < -0.3 is 10.4 Å². The number of para-hydroxylation sites is 1. The lowest BCUT2D eigenvalue weighted by Gasteiger charge is -2.39. The van der Waals surface area contributed by atoms with Crippen molar-refractivity contribution in [2.24, 2.45) is 16.7 Å². The summed E-state index contributed by atoms with van der Waals surface area (Å²) in [5, 5.41) is 13.5. The first-order valence-electron chi connectivity index (χ1n) is 7.45. The molecule has 1 aromatic carbocycles. The standard InChI is InChI=1S/C17H25NO/c1-16(2)13-8-9-17(16,3)15(10-13)18-11-12-6-4-5-7-14(12)19/h4-7,13,15,18-19H,8-11H2,1-3H3. The molecule has 0 spiro atoms. The molecular formula is C17H25NO. The summed E-state index contributed by atoms with van der Waals surface area (Å²) in [4.78, 5) is 0. The van der Waals surface area contributed by atoms with Crippen molar-refractivity contribution in [1.82, 2.24) is 5.32 Å². The number of hydrogen-bond donors (Lipinski definition) is 2. The van der Waals surface area contributed by atoms with Crippen molar-refractivity contribution in [1.29, 1.82) is 0 Å². The topological polar surface area (TPSA) is 32.3 Å². The first-order chi connectivity index (χ1) is 8.95. The number of phenols is 1. The fourth-order valence-corrected chi connectivity index (χ4v) is 4.41. The molecule has 0 aromatic heterocycles. The predicted octanol–water partition coefficient (Wildman–Crippen LogP) is 3.70. The van der Waals surface area contributed by atoms with E-state index in [1.807, 2.05) is 18.2 Å². The summed E-state index contributed by atoms with van der Waals surface area (Å²) in [6.45, 7) is 8.09. The largest absolute Gasteiger partial charge is 0.508 e. The molecule has 2 aliphatic carbocycles. The molecular weight excluding hydrogens is 234 g/mol. The molecule has 2 saturated carbocycles. The minimum atomic E-state index is 0.405. The van der Waals surface area contributed by atoms with E-state index in [4.69, 9.17) is 0 Å². The van der Waals surface area contributed by atoms with Gasteiger partial charge in [-0.2, -0.15) is 0 Å². The number of rotatable bonds is 3. The van der Waals surface area contributed by atoms with Crippen LogP contribution in [-0.2, 0) is 6.54 Å². The van der Waals surface area contributed by atoms with Gasteiger partial charge in [0, 0.05) is 18.2 Å². The van der Waals surface area contributed by atoms with Crippen LogP contribution in [0.4, 0.5) is 0 Å². The second-order valence-corrected chi connectivity index (χ2v) is 7.17. The van der Waals surface area contributed by atoms with Crippen LogP contribution >= 0.6 is 0 Å². The van der Waals surface area contributed by atoms with E-state index >= 15 is 0 Å². The summed E-state index contributed by atoms with van der Waals surface area (Å²) >= 11 is 0. The molecule has 0 amide bonds. The van der Waals surface area contributed by atoms with E-state index in [1.54, 1.807) is 6.07 Å². The maximum absolute atomic E-state index is 9.84. The first-order valence-corrected chi connectivity index (χ1v) is 7.45. The molecule has 3 rings (SSSR count). The van der Waals surface area contributed by atoms with Gasteiger partial charge in [0.2, 0.25) is 0 Å². The van der Waals surface area contributed by atoms with Crippen molar-refractivity contribution in [3.05, 3.63) is 29.8 Å². The summed E-state index contributed by atoms with van der Waals surface area (Å²) in [5.74, 6) is 1.27. The number of fused-ring (bicyclic) bond motifs is 2. The van der Waals surface area contributed by atoms with E-state index in [-0.39, 0.29) is 0 Å². The average Bonchev–Trinajstić information content (AvgIpc) is 2.70. The lowest BCUT2D eigenvalue weighted by atomic mass is 9.69. The molecule has 104 valence electrons. The van der Waals surface area contributed by atoms with Crippen molar-refractivity contribution < 1.29 is 5.11 Å². The molecule has 0 saturated heterocycles. The van der Waals surface area contributed by atoms with Gasteiger partial charge in [-0.05, 0) is 42.1 Å². The third-order valence-electron chi connectivity index (χ3n) is 6.32. The van der Waals surface area contributed by atoms with Crippen molar-refractivity contribution >= 4 is 0 Å². The fourth-order valence-electron chi connectivity index (χ4n) is 4.41. The van der Waals surface area contributed by atoms with Crippen LogP contribution in [0, 0.1) is 16.7 Å². The Kier molecular flexibility index (Phi) is 2.90. The molecule has 2 N–H and O–H groups in total. The Bertz CT molecular complexity index is 482. The van der Waals surface area contributed by atoms with Crippen LogP contribution in [0.15, 0.2) is 24.3 Å². The summed E-state index contributed by atoms with van der Waals surface area (Å²) < 4.78 is 0. The van der Waals surface area contributed by atoms with Crippen LogP contribution < -0.4 is 5.32 Å². The normalized spacial score (nSPS) is 35.7. The van der Waals surface area contributed by atoms with Crippen LogP contribution in [0.5, 0.6) is 5.75 Å². The van der Waals surface area contributed by atoms with E-state index in [2.05, 4.69) is 26.1 Å². The molecule has 0 heterocycles. The molecule has 0 aliphatic heterocycles. The molecule has 2 fully saturated rings. The van der Waals surface area contributed by atoms with Crippen LogP contribution in [0.2, 0.25) is 0 Å². The van der Waals surface area contributed by atoms with Gasteiger partial charge in [-0.3, -0.25) is 0 Å². The Morgan fingerprint density at radius 3 is 2.58 bits per heavy atom. The first kappa shape index (κ1) is 13.0. The molecule has 19 heavy (non-hydrogen) atoms. The molecule has 0 radical (unpaired) electrons. The smallest absolute Gasteiger partial charge is 0.120 e. The minimum absolute atomic E-state index is 0.405. The summed E-state index contributed by atoms with van der Waals surface area (Å²) in [6, 6.07) is 8.22. The van der Waals surface area contributed by atoms with E-state index in [9.17, 15) is 5.11 Å². The van der Waals surface area contributed by atoms with Gasteiger partial charge in [0.25, 0.3) is 0 Å². The van der Waals surface area contributed by atoms with Gasteiger partial charge in [0.1, 0.15) is 5.75 Å². The van der Waals surface area contributed by atoms with Gasteiger partial charge in [0.05, 0.1) is 0 Å². The van der Waals surface area contributed by atoms with Crippen LogP contribution in [0.3, 0.4) is 0 Å². The molecule has 1 aromatic rings. The van der Waals surface area contributed by atoms with Crippen LogP contribution in [0.1, 0.15) is 45.6 Å². The lowest BCUT2D eigenvalue weighted by Crippen LogP contribution is -2.44. The zero-order valence-corrected chi connectivity index (χ0v) is 12.2. The van der Waals surface area contributed by atoms with Crippen LogP contribution in [0.25, 0.3) is 0 Å². The van der Waals surface area contributed by atoms with E-state index < -0.39 is 0 Å². The van der Waals surface area contributed by atoms with E-state index in [0.29, 0.717) is 22.6 Å². The molecule has 3 unspecified atom stereocenters. The van der Waals surface area contributed by atoms with Gasteiger partial charge in [-0.1, -0.05) is 39.0 Å². The van der Waals surface area contributed by atoms with Gasteiger partial charge in [-0.25, -0.2) is 0 Å². The zero-order valence-electron chi connectivity index (χ0n) is 12.2. The van der Waals surface area contributed by atoms with Crippen molar-refractivity contribution in [2.45, 2.75) is 52.6 Å². The maximum atomic E-state index is 9.84. The quantitative estimate of drug-likeness (QED) is 0.867. The third-order valence-corrected chi connectivity index (χ3v) is 6.32. The monoisotopic (exact) mass is 259 g/mol. The van der Waals surface area contributed by atoms with Gasteiger partial charge in [0.15, 0.2) is 0 Å². The highest BCUT2D eigenvalue weighted by Gasteiger charge is 2.60. The minimum Gasteiger partial charge on any atom is -0.508 e. The van der Waals surface area contributed by atoms with Crippen molar-refractivity contribution in [3.63, 3.8) is 0 Å². The van der Waals surface area contributed by atoms with Gasteiger partial charge in [-0.15, -0.1) is 0 Å². The lowest BCUT2D eigenvalue weighted by molar-refractivity contribution is 0.120. The SMILES string of the molecule is CC1(C)C2CCC1(C)C(NCc1ccccc1O)C2. The number of phenolic OH excluding ortho intramolecular Hbond substituents is 1. The van der Waals surface area contributed by atoms with Gasteiger partial charge >= 0.3 is 0 Å². The highest BCUT2D eigenvalue weighted by Crippen LogP contribution is 2.65. The molecule has 2 aliphatic rings. The second-order valence-electron chi connectivity index (χ2n) is 7.17. The Morgan fingerprint density at radius 2 is 2.00 bits per heavy atom. The molecule has 3 atom stereocenters. The second kappa shape index (κ2) is 4.24. The summed E-state index contributed by atoms with van der Waals surface area (Å²) in [5.41, 5.74) is 1.86. The Labute approximate surface area is 116 Å². The predicted molar refractivity (Wildman–Crippen MR) is 78.0 cm³/mol. The highest BCUT2D eigenvalue weighted by molar-refractivity contribution is 5.31. The summed E-state index contributed by atoms with van der Waals surface area (Å²) in [7, 11) is 0. The highest BCUT2D eigenvalue weighted by atomic mass is 16.3. The summed E-state index contributed by atoms with van der Waals surface area (Å²) in [6.07, 6.45) is 4.01. The van der Waals surface area contributed by atoms with Crippen LogP contribution in [-0.4, -0.2) is 11.1 Å². The van der Waals surface area contributed by atoms with Crippen molar-refractivity contribution in [3.8, 4) is 5.75 Å². The molecule has 2 heteroatoms. The number of nitrogens with one attached hydrogen (secondary N) is 1. The van der Waals surface area contributed by atoms with E-state index in [1.165, 1.54) is 19.3 Å².